The molecule has 1 heterocycles. The number of likely N-dealkylation sites (tertiary alicyclic amines) is 1. The molecule has 0 spiro atoms. The summed E-state index contributed by atoms with van der Waals surface area (Å²) in [6.45, 7) is 0.790. The molecule has 2 atom stereocenters. The van der Waals surface area contributed by atoms with E-state index in [0.717, 1.165) is 5.56 Å². The summed E-state index contributed by atoms with van der Waals surface area (Å²) < 4.78 is 5.80. The topological polar surface area (TPSA) is 49.8 Å². The van der Waals surface area contributed by atoms with Crippen LogP contribution in [0.4, 0.5) is 4.79 Å². The van der Waals surface area contributed by atoms with Crippen molar-refractivity contribution in [1.29, 1.82) is 0 Å². The van der Waals surface area contributed by atoms with Crippen LogP contribution in [-0.4, -0.2) is 35.4 Å². The van der Waals surface area contributed by atoms with E-state index in [9.17, 15) is 9.90 Å². The Bertz CT molecular complexity index is 988. The van der Waals surface area contributed by atoms with Gasteiger partial charge >= 0.3 is 6.09 Å². The van der Waals surface area contributed by atoms with Crippen molar-refractivity contribution in [1.82, 2.24) is 4.90 Å². The first kappa shape index (κ1) is 18.0. The van der Waals surface area contributed by atoms with Crippen LogP contribution >= 0.6 is 0 Å². The Morgan fingerprint density at radius 3 is 2.14 bits per heavy atom. The normalized spacial score (nSPS) is 20.4. The van der Waals surface area contributed by atoms with E-state index in [0.29, 0.717) is 19.6 Å². The Balaban J connectivity index is 1.36. The molecule has 1 aliphatic carbocycles. The summed E-state index contributed by atoms with van der Waals surface area (Å²) in [4.78, 5) is 14.6. The highest BCUT2D eigenvalue weighted by Gasteiger charge is 2.38. The van der Waals surface area contributed by atoms with Crippen molar-refractivity contribution in [2.75, 3.05) is 13.2 Å². The van der Waals surface area contributed by atoms with Crippen LogP contribution in [0.2, 0.25) is 0 Å². The molecule has 1 fully saturated rings. The smallest absolute Gasteiger partial charge is 0.410 e. The van der Waals surface area contributed by atoms with E-state index in [-0.39, 0.29) is 18.1 Å². The second-order valence-electron chi connectivity index (χ2n) is 7.71. The minimum atomic E-state index is -0.571. The zero-order valence-electron chi connectivity index (χ0n) is 16.1. The number of carbonyl (C=O) groups is 1. The first-order chi connectivity index (χ1) is 14.2. The van der Waals surface area contributed by atoms with E-state index in [1.165, 1.54) is 22.3 Å². The number of hydrogen-bond acceptors (Lipinski definition) is 3. The third-order valence-electron chi connectivity index (χ3n) is 6.08. The number of hydrogen-bond donors (Lipinski definition) is 1. The van der Waals surface area contributed by atoms with E-state index in [1.54, 1.807) is 4.90 Å². The van der Waals surface area contributed by atoms with Gasteiger partial charge in [0.25, 0.3) is 0 Å². The molecule has 0 unspecified atom stereocenters. The molecule has 1 amide bonds. The quantitative estimate of drug-likeness (QED) is 0.708. The number of amides is 1. The van der Waals surface area contributed by atoms with Crippen LogP contribution in [0.25, 0.3) is 11.1 Å². The Labute approximate surface area is 170 Å². The van der Waals surface area contributed by atoms with Crippen molar-refractivity contribution in [2.45, 2.75) is 24.5 Å². The lowest BCUT2D eigenvalue weighted by Crippen LogP contribution is -2.34. The number of aliphatic hydroxyl groups is 1. The molecule has 3 aromatic rings. The number of nitrogens with zero attached hydrogens (tertiary/aromatic N) is 1. The summed E-state index contributed by atoms with van der Waals surface area (Å²) >= 11 is 0. The highest BCUT2D eigenvalue weighted by atomic mass is 16.6. The largest absolute Gasteiger partial charge is 0.448 e. The fourth-order valence-corrected chi connectivity index (χ4v) is 4.71. The van der Waals surface area contributed by atoms with Crippen molar-refractivity contribution in [2.24, 2.45) is 0 Å². The molecule has 4 heteroatoms. The molecule has 0 bridgehead atoms. The average Bonchev–Trinajstić information content (AvgIpc) is 3.31. The number of rotatable bonds is 3. The van der Waals surface area contributed by atoms with Gasteiger partial charge < -0.3 is 9.84 Å². The van der Waals surface area contributed by atoms with Crippen molar-refractivity contribution in [3.8, 4) is 11.1 Å². The Kier molecular flexibility index (Phi) is 4.57. The fraction of sp³-hybridized carbons (Fsp3) is 0.240. The first-order valence-electron chi connectivity index (χ1n) is 10.1. The standard InChI is InChI=1S/C25H23NO3/c27-23-14-15-26(24(23)17-8-2-1-3-9-17)25(28)29-16-22-20-12-6-4-10-18(20)19-11-5-7-13-21(19)22/h1-13,22-24,27H,14-16H2/t23-,24-/m1/s1. The highest BCUT2D eigenvalue weighted by Crippen LogP contribution is 2.44. The minimum absolute atomic E-state index is 0.0362. The molecule has 4 nitrogen and oxygen atoms in total. The van der Waals surface area contributed by atoms with Gasteiger partial charge in [-0.05, 0) is 34.2 Å². The fourth-order valence-electron chi connectivity index (χ4n) is 4.71. The monoisotopic (exact) mass is 385 g/mol. The third-order valence-corrected chi connectivity index (χ3v) is 6.08. The van der Waals surface area contributed by atoms with Crippen LogP contribution in [-0.2, 0) is 4.74 Å². The van der Waals surface area contributed by atoms with Crippen LogP contribution < -0.4 is 0 Å². The molecular weight excluding hydrogens is 362 g/mol. The van der Waals surface area contributed by atoms with Gasteiger partial charge in [-0.15, -0.1) is 0 Å². The van der Waals surface area contributed by atoms with E-state index >= 15 is 0 Å². The van der Waals surface area contributed by atoms with Gasteiger partial charge in [-0.2, -0.15) is 0 Å². The molecule has 5 rings (SSSR count). The molecular formula is C25H23NO3. The number of fused-ring (bicyclic) bond motifs is 3. The number of aliphatic hydroxyl groups excluding tert-OH is 1. The Hall–Kier alpha value is -3.11. The van der Waals surface area contributed by atoms with E-state index < -0.39 is 6.10 Å². The number of carbonyl (C=O) groups excluding carboxylic acids is 1. The van der Waals surface area contributed by atoms with Gasteiger partial charge in [0.1, 0.15) is 6.61 Å². The minimum Gasteiger partial charge on any atom is -0.448 e. The zero-order chi connectivity index (χ0) is 19.8. The molecule has 3 aromatic carbocycles. The summed E-state index contributed by atoms with van der Waals surface area (Å²) in [7, 11) is 0. The van der Waals surface area contributed by atoms with Crippen LogP contribution in [0.1, 0.15) is 35.1 Å². The van der Waals surface area contributed by atoms with E-state index in [2.05, 4.69) is 24.3 Å². The van der Waals surface area contributed by atoms with Gasteiger partial charge in [0.05, 0.1) is 12.1 Å². The lowest BCUT2D eigenvalue weighted by atomic mass is 9.98. The maximum absolute atomic E-state index is 12.9. The van der Waals surface area contributed by atoms with Gasteiger partial charge in [0.2, 0.25) is 0 Å². The first-order valence-corrected chi connectivity index (χ1v) is 10.1. The Morgan fingerprint density at radius 2 is 1.48 bits per heavy atom. The molecule has 1 N–H and O–H groups in total. The van der Waals surface area contributed by atoms with Crippen molar-refractivity contribution in [3.05, 3.63) is 95.6 Å². The van der Waals surface area contributed by atoms with Crippen LogP contribution in [0.5, 0.6) is 0 Å². The lowest BCUT2D eigenvalue weighted by Gasteiger charge is -2.26. The van der Waals surface area contributed by atoms with Crippen molar-refractivity contribution in [3.63, 3.8) is 0 Å². The SMILES string of the molecule is O=C(OCC1c2ccccc2-c2ccccc21)N1CC[C@@H](O)[C@H]1c1ccccc1. The van der Waals surface area contributed by atoms with Gasteiger partial charge in [-0.3, -0.25) is 4.90 Å². The lowest BCUT2D eigenvalue weighted by molar-refractivity contribution is 0.0741. The van der Waals surface area contributed by atoms with Crippen molar-refractivity contribution < 1.29 is 14.6 Å². The van der Waals surface area contributed by atoms with Crippen LogP contribution in [0, 0.1) is 0 Å². The zero-order valence-corrected chi connectivity index (χ0v) is 16.1. The summed E-state index contributed by atoms with van der Waals surface area (Å²) in [5, 5.41) is 10.5. The number of benzene rings is 3. The van der Waals surface area contributed by atoms with Gasteiger partial charge in [-0.1, -0.05) is 78.9 Å². The summed E-state index contributed by atoms with van der Waals surface area (Å²) in [6.07, 6.45) is -0.376. The summed E-state index contributed by atoms with van der Waals surface area (Å²) in [5.41, 5.74) is 5.75. The molecule has 0 saturated carbocycles. The molecule has 2 aliphatic rings. The molecule has 146 valence electrons. The predicted octanol–water partition coefficient (Wildman–Crippen LogP) is 4.74. The third kappa shape index (κ3) is 3.10. The van der Waals surface area contributed by atoms with E-state index in [4.69, 9.17) is 4.74 Å². The molecule has 1 aliphatic heterocycles. The molecule has 1 saturated heterocycles. The van der Waals surface area contributed by atoms with Crippen molar-refractivity contribution >= 4 is 6.09 Å². The van der Waals surface area contributed by atoms with Crippen LogP contribution in [0.15, 0.2) is 78.9 Å². The van der Waals surface area contributed by atoms with E-state index in [1.807, 2.05) is 54.6 Å². The highest BCUT2D eigenvalue weighted by molar-refractivity contribution is 5.79. The molecule has 0 radical (unpaired) electrons. The average molecular weight is 385 g/mol. The molecule has 29 heavy (non-hydrogen) atoms. The maximum Gasteiger partial charge on any atom is 0.410 e. The summed E-state index contributed by atoms with van der Waals surface area (Å²) in [6, 6.07) is 25.9. The second-order valence-corrected chi connectivity index (χ2v) is 7.71. The predicted molar refractivity (Wildman–Crippen MR) is 112 cm³/mol. The second kappa shape index (κ2) is 7.37. The maximum atomic E-state index is 12.9. The van der Waals surface area contributed by atoms with Gasteiger partial charge in [-0.25, -0.2) is 4.79 Å². The molecule has 0 aromatic heterocycles. The van der Waals surface area contributed by atoms with Gasteiger partial charge in [0, 0.05) is 12.5 Å². The van der Waals surface area contributed by atoms with Gasteiger partial charge in [0.15, 0.2) is 0 Å². The van der Waals surface area contributed by atoms with Crippen LogP contribution in [0.3, 0.4) is 0 Å². The number of ether oxygens (including phenoxy) is 1. The summed E-state index contributed by atoms with van der Waals surface area (Å²) in [5.74, 6) is 0.0362. The Morgan fingerprint density at radius 1 is 0.897 bits per heavy atom.